The van der Waals surface area contributed by atoms with Gasteiger partial charge in [-0.2, -0.15) is 0 Å². The first-order chi connectivity index (χ1) is 9.85. The van der Waals surface area contributed by atoms with Gasteiger partial charge in [0.1, 0.15) is 11.4 Å². The van der Waals surface area contributed by atoms with Crippen molar-refractivity contribution in [1.29, 1.82) is 0 Å². The predicted molar refractivity (Wildman–Crippen MR) is 81.6 cm³/mol. The fourth-order valence-electron chi connectivity index (χ4n) is 2.35. The van der Waals surface area contributed by atoms with E-state index in [1.165, 1.54) is 0 Å². The first-order valence-electron chi connectivity index (χ1n) is 7.07. The van der Waals surface area contributed by atoms with Crippen LogP contribution in [0.2, 0.25) is 5.28 Å². The molecule has 1 amide bonds. The summed E-state index contributed by atoms with van der Waals surface area (Å²) in [6.07, 6.45) is 3.30. The molecule has 0 spiro atoms. The Bertz CT molecular complexity index is 504. The van der Waals surface area contributed by atoms with Gasteiger partial charge in [-0.3, -0.25) is 0 Å². The zero-order valence-corrected chi connectivity index (χ0v) is 13.4. The van der Waals surface area contributed by atoms with E-state index in [-0.39, 0.29) is 11.3 Å². The number of rotatable bonds is 3. The van der Waals surface area contributed by atoms with Crippen LogP contribution in [0.4, 0.5) is 10.6 Å². The molecule has 1 aliphatic heterocycles. The summed E-state index contributed by atoms with van der Waals surface area (Å²) < 4.78 is 5.24. The maximum atomic E-state index is 11.7. The smallest absolute Gasteiger partial charge is 0.407 e. The summed E-state index contributed by atoms with van der Waals surface area (Å²) in [5, 5.41) is 3.05. The van der Waals surface area contributed by atoms with Gasteiger partial charge in [0.15, 0.2) is 0 Å². The lowest BCUT2D eigenvalue weighted by Crippen LogP contribution is -2.42. The molecule has 0 saturated carbocycles. The number of alkyl carbamates (subject to hydrolysis) is 1. The SMILES string of the molecule is CC(C)(C)OC(=O)NCC1CCCN1c1ccnc(Cl)n1. The van der Waals surface area contributed by atoms with Crippen LogP contribution in [0, 0.1) is 0 Å². The van der Waals surface area contributed by atoms with Gasteiger partial charge in [0.25, 0.3) is 0 Å². The summed E-state index contributed by atoms with van der Waals surface area (Å²) in [7, 11) is 0. The number of nitrogens with one attached hydrogen (secondary N) is 1. The Labute approximate surface area is 129 Å². The second kappa shape index (κ2) is 6.47. The minimum absolute atomic E-state index is 0.198. The number of hydrogen-bond acceptors (Lipinski definition) is 5. The van der Waals surface area contributed by atoms with Crippen LogP contribution >= 0.6 is 11.6 Å². The highest BCUT2D eigenvalue weighted by Gasteiger charge is 2.27. The molecule has 1 unspecified atom stereocenters. The fourth-order valence-corrected chi connectivity index (χ4v) is 2.49. The van der Waals surface area contributed by atoms with Crippen LogP contribution in [0.1, 0.15) is 33.6 Å². The van der Waals surface area contributed by atoms with Crippen molar-refractivity contribution in [2.45, 2.75) is 45.3 Å². The highest BCUT2D eigenvalue weighted by Crippen LogP contribution is 2.23. The molecule has 21 heavy (non-hydrogen) atoms. The number of ether oxygens (including phenoxy) is 1. The number of carbonyl (C=O) groups excluding carboxylic acids is 1. The quantitative estimate of drug-likeness (QED) is 0.869. The molecule has 116 valence electrons. The Morgan fingerprint density at radius 3 is 3.00 bits per heavy atom. The lowest BCUT2D eigenvalue weighted by molar-refractivity contribution is 0.0525. The monoisotopic (exact) mass is 312 g/mol. The second-order valence-electron chi connectivity index (χ2n) is 6.06. The molecule has 2 heterocycles. The van der Waals surface area contributed by atoms with Crippen molar-refractivity contribution in [2.24, 2.45) is 0 Å². The van der Waals surface area contributed by atoms with Crippen LogP contribution in [-0.4, -0.2) is 40.8 Å². The Morgan fingerprint density at radius 2 is 2.33 bits per heavy atom. The summed E-state index contributed by atoms with van der Waals surface area (Å²) in [5.74, 6) is 0.795. The molecule has 1 N–H and O–H groups in total. The summed E-state index contributed by atoms with van der Waals surface area (Å²) in [6, 6.07) is 2.03. The topological polar surface area (TPSA) is 67.3 Å². The summed E-state index contributed by atoms with van der Waals surface area (Å²) in [5.41, 5.74) is -0.486. The number of halogens is 1. The van der Waals surface area contributed by atoms with Gasteiger partial charge < -0.3 is 15.0 Å². The van der Waals surface area contributed by atoms with Gasteiger partial charge in [0.2, 0.25) is 5.28 Å². The van der Waals surface area contributed by atoms with Crippen molar-refractivity contribution in [3.8, 4) is 0 Å². The van der Waals surface area contributed by atoms with E-state index in [0.717, 1.165) is 25.2 Å². The third kappa shape index (κ3) is 4.74. The van der Waals surface area contributed by atoms with Crippen molar-refractivity contribution in [3.63, 3.8) is 0 Å². The molecule has 1 fully saturated rings. The highest BCUT2D eigenvalue weighted by atomic mass is 35.5. The lowest BCUT2D eigenvalue weighted by atomic mass is 10.2. The zero-order valence-electron chi connectivity index (χ0n) is 12.6. The standard InChI is InChI=1S/C14H21ClN4O2/c1-14(2,3)21-13(20)17-9-10-5-4-8-19(10)11-6-7-16-12(15)18-11/h6-7,10H,4-5,8-9H2,1-3H3,(H,17,20). The number of anilines is 1. The van der Waals surface area contributed by atoms with Gasteiger partial charge in [0.05, 0.1) is 0 Å². The molecule has 1 aliphatic rings. The summed E-state index contributed by atoms with van der Waals surface area (Å²) >= 11 is 5.83. The van der Waals surface area contributed by atoms with E-state index < -0.39 is 11.7 Å². The minimum atomic E-state index is -0.486. The van der Waals surface area contributed by atoms with E-state index in [0.29, 0.717) is 6.54 Å². The number of amides is 1. The first-order valence-corrected chi connectivity index (χ1v) is 7.45. The van der Waals surface area contributed by atoms with Crippen LogP contribution in [0.3, 0.4) is 0 Å². The Hall–Kier alpha value is -1.56. The van der Waals surface area contributed by atoms with Crippen molar-refractivity contribution in [1.82, 2.24) is 15.3 Å². The Morgan fingerprint density at radius 1 is 1.57 bits per heavy atom. The number of nitrogens with zero attached hydrogens (tertiary/aromatic N) is 3. The third-order valence-electron chi connectivity index (χ3n) is 3.16. The Kier molecular flexibility index (Phi) is 4.88. The molecule has 1 saturated heterocycles. The van der Waals surface area contributed by atoms with Crippen LogP contribution < -0.4 is 10.2 Å². The molecule has 1 atom stereocenters. The highest BCUT2D eigenvalue weighted by molar-refractivity contribution is 6.28. The second-order valence-corrected chi connectivity index (χ2v) is 6.39. The van der Waals surface area contributed by atoms with Gasteiger partial charge >= 0.3 is 6.09 Å². The molecule has 0 aromatic carbocycles. The maximum absolute atomic E-state index is 11.7. The Balaban J connectivity index is 1.92. The van der Waals surface area contributed by atoms with Gasteiger partial charge in [-0.05, 0) is 51.3 Å². The van der Waals surface area contributed by atoms with E-state index in [2.05, 4.69) is 20.2 Å². The first kappa shape index (κ1) is 15.8. The van der Waals surface area contributed by atoms with Gasteiger partial charge in [-0.15, -0.1) is 0 Å². The molecular weight excluding hydrogens is 292 g/mol. The van der Waals surface area contributed by atoms with Gasteiger partial charge in [-0.25, -0.2) is 14.8 Å². The molecule has 1 aromatic heterocycles. The molecule has 6 nitrogen and oxygen atoms in total. The minimum Gasteiger partial charge on any atom is -0.444 e. The average Bonchev–Trinajstić information content (AvgIpc) is 2.82. The normalized spacial score (nSPS) is 18.7. The van der Waals surface area contributed by atoms with E-state index >= 15 is 0 Å². The number of hydrogen-bond donors (Lipinski definition) is 1. The molecule has 2 rings (SSSR count). The van der Waals surface area contributed by atoms with Crippen molar-refractivity contribution < 1.29 is 9.53 Å². The van der Waals surface area contributed by atoms with Crippen molar-refractivity contribution >= 4 is 23.5 Å². The lowest BCUT2D eigenvalue weighted by Gasteiger charge is -2.26. The molecule has 0 bridgehead atoms. The fraction of sp³-hybridized carbons (Fsp3) is 0.643. The molecule has 1 aromatic rings. The number of carbonyl (C=O) groups is 1. The van der Waals surface area contributed by atoms with E-state index in [1.54, 1.807) is 6.20 Å². The number of aromatic nitrogens is 2. The molecule has 0 aliphatic carbocycles. The molecule has 7 heteroatoms. The summed E-state index contributed by atoms with van der Waals surface area (Å²) in [6.45, 7) is 6.95. The predicted octanol–water partition coefficient (Wildman–Crippen LogP) is 2.62. The van der Waals surface area contributed by atoms with E-state index in [9.17, 15) is 4.79 Å². The van der Waals surface area contributed by atoms with Gasteiger partial charge in [-0.1, -0.05) is 0 Å². The molecular formula is C14H21ClN4O2. The van der Waals surface area contributed by atoms with Crippen LogP contribution in [0.5, 0.6) is 0 Å². The summed E-state index contributed by atoms with van der Waals surface area (Å²) in [4.78, 5) is 22.0. The van der Waals surface area contributed by atoms with E-state index in [1.807, 2.05) is 26.8 Å². The van der Waals surface area contributed by atoms with Crippen molar-refractivity contribution in [2.75, 3.05) is 18.0 Å². The largest absolute Gasteiger partial charge is 0.444 e. The average molecular weight is 313 g/mol. The van der Waals surface area contributed by atoms with E-state index in [4.69, 9.17) is 16.3 Å². The van der Waals surface area contributed by atoms with Crippen LogP contribution in [0.15, 0.2) is 12.3 Å². The van der Waals surface area contributed by atoms with Gasteiger partial charge in [0, 0.05) is 25.3 Å². The molecule has 0 radical (unpaired) electrons. The van der Waals surface area contributed by atoms with Crippen molar-refractivity contribution in [3.05, 3.63) is 17.5 Å². The van der Waals surface area contributed by atoms with Crippen LogP contribution in [0.25, 0.3) is 0 Å². The van der Waals surface area contributed by atoms with Crippen LogP contribution in [-0.2, 0) is 4.74 Å². The third-order valence-corrected chi connectivity index (χ3v) is 3.35. The zero-order chi connectivity index (χ0) is 15.5. The maximum Gasteiger partial charge on any atom is 0.407 e.